The van der Waals surface area contributed by atoms with Crippen LogP contribution in [0.4, 0.5) is 0 Å². The summed E-state index contributed by atoms with van der Waals surface area (Å²) in [6.45, 7) is 0. The van der Waals surface area contributed by atoms with Crippen LogP contribution in [0.2, 0.25) is 0 Å². The van der Waals surface area contributed by atoms with Crippen LogP contribution in [0.1, 0.15) is 22.9 Å². The molecule has 13 rings (SSSR count). The second-order valence-corrected chi connectivity index (χ2v) is 15.4. The molecule has 1 aliphatic rings. The predicted molar refractivity (Wildman–Crippen MR) is 242 cm³/mol. The van der Waals surface area contributed by atoms with Gasteiger partial charge < -0.3 is 18.7 Å². The molecule has 276 valence electrons. The Balaban J connectivity index is 1.10. The van der Waals surface area contributed by atoms with Crippen LogP contribution < -0.4 is 5.32 Å². The zero-order chi connectivity index (χ0) is 38.6. The molecular formula is C53H32N4O2. The Morgan fingerprint density at radius 1 is 0.441 bits per heavy atom. The first-order valence-corrected chi connectivity index (χ1v) is 19.9. The molecule has 12 aromatic rings. The van der Waals surface area contributed by atoms with Crippen LogP contribution in [0.15, 0.2) is 201 Å². The molecule has 0 aliphatic carbocycles. The van der Waals surface area contributed by atoms with Gasteiger partial charge in [-0.2, -0.15) is 0 Å². The molecule has 6 nitrogen and oxygen atoms in total. The van der Waals surface area contributed by atoms with Gasteiger partial charge in [0.05, 0.1) is 16.7 Å². The Kier molecular flexibility index (Phi) is 6.69. The summed E-state index contributed by atoms with van der Waals surface area (Å²) in [6.07, 6.45) is -0.493. The zero-order valence-corrected chi connectivity index (χ0v) is 31.6. The first-order valence-electron chi connectivity index (χ1n) is 19.9. The van der Waals surface area contributed by atoms with Crippen molar-refractivity contribution >= 4 is 98.9 Å². The molecule has 0 fully saturated rings. The summed E-state index contributed by atoms with van der Waals surface area (Å²) in [6, 6.07) is 63.9. The first kappa shape index (κ1) is 32.2. The van der Waals surface area contributed by atoms with E-state index < -0.39 is 6.17 Å². The Morgan fingerprint density at radius 3 is 1.90 bits per heavy atom. The average Bonchev–Trinajstić information content (AvgIpc) is 3.97. The number of fused-ring (bicyclic) bond motifs is 11. The summed E-state index contributed by atoms with van der Waals surface area (Å²) in [7, 11) is 0. The molecule has 1 unspecified atom stereocenters. The highest BCUT2D eigenvalue weighted by atomic mass is 16.3. The minimum atomic E-state index is -0.493. The molecule has 9 aromatic carbocycles. The molecule has 1 atom stereocenters. The number of benzene rings is 9. The van der Waals surface area contributed by atoms with Crippen LogP contribution in [0, 0.1) is 0 Å². The van der Waals surface area contributed by atoms with Gasteiger partial charge in [-0.1, -0.05) is 133 Å². The van der Waals surface area contributed by atoms with Crippen LogP contribution in [0.3, 0.4) is 0 Å². The minimum absolute atomic E-state index is 0.493. The lowest BCUT2D eigenvalue weighted by molar-refractivity contribution is 0.628. The Morgan fingerprint density at radius 2 is 1.08 bits per heavy atom. The molecule has 0 saturated heterocycles. The monoisotopic (exact) mass is 756 g/mol. The van der Waals surface area contributed by atoms with Gasteiger partial charge >= 0.3 is 0 Å². The highest BCUT2D eigenvalue weighted by molar-refractivity contribution is 6.19. The second-order valence-electron chi connectivity index (χ2n) is 15.4. The molecular weight excluding hydrogens is 725 g/mol. The number of aromatic nitrogens is 1. The maximum Gasteiger partial charge on any atom is 0.159 e. The minimum Gasteiger partial charge on any atom is -0.456 e. The SMILES string of the molecule is c1ccc2cc(C3=NC(c4cc(-n5c6ccccc6c6cc7ccccc7cc65)c5oc6ccccc6c5c4)=NC(c4cccc5c4oc4ccccc45)N3)ccc2c1. The quantitative estimate of drug-likeness (QED) is 0.194. The third kappa shape index (κ3) is 4.87. The number of aliphatic imine (C=N–C) groups is 2. The van der Waals surface area contributed by atoms with E-state index in [1.807, 2.05) is 24.3 Å². The van der Waals surface area contributed by atoms with E-state index in [1.165, 1.54) is 26.9 Å². The maximum absolute atomic E-state index is 6.81. The number of rotatable bonds is 4. The van der Waals surface area contributed by atoms with Crippen molar-refractivity contribution in [3.8, 4) is 5.69 Å². The van der Waals surface area contributed by atoms with E-state index in [-0.39, 0.29) is 0 Å². The normalized spacial score (nSPS) is 14.6. The lowest BCUT2D eigenvalue weighted by Crippen LogP contribution is -2.33. The summed E-state index contributed by atoms with van der Waals surface area (Å²) in [5.74, 6) is 1.35. The van der Waals surface area contributed by atoms with Gasteiger partial charge in [-0.3, -0.25) is 0 Å². The van der Waals surface area contributed by atoms with Crippen molar-refractivity contribution < 1.29 is 8.83 Å². The van der Waals surface area contributed by atoms with Crippen LogP contribution in [-0.2, 0) is 0 Å². The highest BCUT2D eigenvalue weighted by Crippen LogP contribution is 2.41. The fourth-order valence-corrected chi connectivity index (χ4v) is 9.23. The molecule has 0 spiro atoms. The molecule has 59 heavy (non-hydrogen) atoms. The summed E-state index contributed by atoms with van der Waals surface area (Å²) in [5, 5.41) is 15.0. The molecule has 4 heterocycles. The van der Waals surface area contributed by atoms with E-state index in [1.54, 1.807) is 0 Å². The number of hydrogen-bond donors (Lipinski definition) is 1. The van der Waals surface area contributed by atoms with E-state index in [2.05, 4.69) is 168 Å². The van der Waals surface area contributed by atoms with Crippen molar-refractivity contribution in [2.75, 3.05) is 0 Å². The predicted octanol–water partition coefficient (Wildman–Crippen LogP) is 13.4. The number of nitrogens with one attached hydrogen (secondary N) is 1. The van der Waals surface area contributed by atoms with Crippen molar-refractivity contribution in [1.29, 1.82) is 0 Å². The Bertz CT molecular complexity index is 3790. The molecule has 0 amide bonds. The van der Waals surface area contributed by atoms with Crippen LogP contribution in [-0.4, -0.2) is 16.2 Å². The number of hydrogen-bond acceptors (Lipinski definition) is 5. The lowest BCUT2D eigenvalue weighted by atomic mass is 10.0. The van der Waals surface area contributed by atoms with Gasteiger partial charge in [-0.05, 0) is 70.1 Å². The lowest BCUT2D eigenvalue weighted by Gasteiger charge is -2.24. The molecule has 6 heteroatoms. The third-order valence-corrected chi connectivity index (χ3v) is 12.0. The summed E-state index contributed by atoms with van der Waals surface area (Å²) < 4.78 is 15.8. The van der Waals surface area contributed by atoms with Crippen molar-refractivity contribution in [2.45, 2.75) is 6.17 Å². The van der Waals surface area contributed by atoms with Crippen molar-refractivity contribution in [3.05, 3.63) is 199 Å². The fourth-order valence-electron chi connectivity index (χ4n) is 9.23. The summed E-state index contributed by atoms with van der Waals surface area (Å²) in [5.41, 5.74) is 9.21. The van der Waals surface area contributed by atoms with Gasteiger partial charge in [0.15, 0.2) is 17.6 Å². The molecule has 1 aliphatic heterocycles. The van der Waals surface area contributed by atoms with Crippen molar-refractivity contribution in [2.24, 2.45) is 9.98 Å². The van der Waals surface area contributed by atoms with Crippen LogP contribution in [0.25, 0.3) is 92.9 Å². The van der Waals surface area contributed by atoms with Crippen LogP contribution in [0.5, 0.6) is 0 Å². The standard InChI is InChI=1S/C53H32N4O2/c1-2-13-32-26-35(25-24-31(32)12-1)51-54-52(56-53(55-51)41-20-11-19-40-38-17-6-9-22-47(38)58-49(40)41)36-28-43-39-18-7-10-23-48(39)59-50(43)46(30-36)57-44-21-8-5-16-37(44)42-27-33-14-3-4-15-34(33)29-45(42)57/h1-30,53H,(H,54,55,56). The fraction of sp³-hybridized carbons (Fsp3) is 0.0189. The molecule has 0 radical (unpaired) electrons. The van der Waals surface area contributed by atoms with Crippen LogP contribution >= 0.6 is 0 Å². The second kappa shape index (κ2) is 12.3. The molecule has 0 saturated carbocycles. The number of furan rings is 2. The van der Waals surface area contributed by atoms with E-state index in [0.717, 1.165) is 88.5 Å². The number of nitrogens with zero attached hydrogens (tertiary/aromatic N) is 3. The largest absolute Gasteiger partial charge is 0.456 e. The average molecular weight is 757 g/mol. The Hall–Kier alpha value is -7.96. The van der Waals surface area contributed by atoms with E-state index in [9.17, 15) is 0 Å². The Labute approximate surface area is 336 Å². The van der Waals surface area contributed by atoms with Gasteiger partial charge in [-0.15, -0.1) is 0 Å². The van der Waals surface area contributed by atoms with Crippen molar-refractivity contribution in [3.63, 3.8) is 0 Å². The zero-order valence-electron chi connectivity index (χ0n) is 31.6. The molecule has 1 N–H and O–H groups in total. The van der Waals surface area contributed by atoms with E-state index >= 15 is 0 Å². The van der Waals surface area contributed by atoms with Gasteiger partial charge in [0.2, 0.25) is 0 Å². The van der Waals surface area contributed by atoms with Gasteiger partial charge in [0.25, 0.3) is 0 Å². The van der Waals surface area contributed by atoms with E-state index in [0.29, 0.717) is 5.84 Å². The molecule has 3 aromatic heterocycles. The van der Waals surface area contributed by atoms with Crippen molar-refractivity contribution in [1.82, 2.24) is 9.88 Å². The third-order valence-electron chi connectivity index (χ3n) is 12.0. The number of para-hydroxylation sites is 4. The smallest absolute Gasteiger partial charge is 0.159 e. The van der Waals surface area contributed by atoms with Gasteiger partial charge in [0, 0.05) is 49.0 Å². The van der Waals surface area contributed by atoms with E-state index in [4.69, 9.17) is 18.8 Å². The summed E-state index contributed by atoms with van der Waals surface area (Å²) in [4.78, 5) is 10.8. The molecule has 0 bridgehead atoms. The maximum atomic E-state index is 6.81. The van der Waals surface area contributed by atoms with Gasteiger partial charge in [-0.25, -0.2) is 9.98 Å². The topological polar surface area (TPSA) is 68.0 Å². The summed E-state index contributed by atoms with van der Waals surface area (Å²) >= 11 is 0. The number of amidine groups is 2. The van der Waals surface area contributed by atoms with Gasteiger partial charge in [0.1, 0.15) is 22.6 Å². The first-order chi connectivity index (χ1) is 29.2. The highest BCUT2D eigenvalue weighted by Gasteiger charge is 2.27.